The highest BCUT2D eigenvalue weighted by Crippen LogP contribution is 2.06. The summed E-state index contributed by atoms with van der Waals surface area (Å²) in [6.07, 6.45) is 3.97. The molecular formula is C7H9NS. The van der Waals surface area contributed by atoms with E-state index in [0.29, 0.717) is 6.54 Å². The summed E-state index contributed by atoms with van der Waals surface area (Å²) in [6, 6.07) is 2.07. The number of rotatable bonds is 2. The number of thiophene rings is 1. The normalized spacial score (nSPS) is 10.8. The first-order valence-corrected chi connectivity index (χ1v) is 3.76. The van der Waals surface area contributed by atoms with E-state index >= 15 is 0 Å². The third-order valence-corrected chi connectivity index (χ3v) is 1.69. The molecule has 1 aromatic rings. The van der Waals surface area contributed by atoms with Crippen molar-refractivity contribution in [2.24, 2.45) is 5.73 Å². The smallest absolute Gasteiger partial charge is 0.0110 e. The molecule has 2 N–H and O–H groups in total. The molecule has 0 bridgehead atoms. The second-order valence-corrected chi connectivity index (χ2v) is 2.47. The monoisotopic (exact) mass is 139 g/mol. The van der Waals surface area contributed by atoms with Crippen molar-refractivity contribution in [1.82, 2.24) is 0 Å². The summed E-state index contributed by atoms with van der Waals surface area (Å²) in [5.74, 6) is 0. The highest BCUT2D eigenvalue weighted by molar-refractivity contribution is 7.08. The minimum absolute atomic E-state index is 0.621. The van der Waals surface area contributed by atoms with Crippen molar-refractivity contribution in [3.05, 3.63) is 28.5 Å². The van der Waals surface area contributed by atoms with Crippen LogP contribution in [0.4, 0.5) is 0 Å². The van der Waals surface area contributed by atoms with Gasteiger partial charge in [0.15, 0.2) is 0 Å². The number of nitrogens with two attached hydrogens (primary N) is 1. The van der Waals surface area contributed by atoms with Crippen molar-refractivity contribution < 1.29 is 0 Å². The minimum Gasteiger partial charge on any atom is -0.327 e. The van der Waals surface area contributed by atoms with Gasteiger partial charge in [-0.2, -0.15) is 11.3 Å². The minimum atomic E-state index is 0.621. The summed E-state index contributed by atoms with van der Waals surface area (Å²) in [5.41, 5.74) is 6.50. The molecule has 0 amide bonds. The Balaban J connectivity index is 2.57. The van der Waals surface area contributed by atoms with Crippen LogP contribution in [0.3, 0.4) is 0 Å². The van der Waals surface area contributed by atoms with E-state index in [1.54, 1.807) is 11.3 Å². The SMILES string of the molecule is NCC=Cc1ccsc1. The maximum Gasteiger partial charge on any atom is 0.0110 e. The van der Waals surface area contributed by atoms with Crippen LogP contribution < -0.4 is 5.73 Å². The standard InChI is InChI=1S/C7H9NS/c8-4-1-2-7-3-5-9-6-7/h1-3,5-6H,4,8H2. The summed E-state index contributed by atoms with van der Waals surface area (Å²) >= 11 is 1.70. The fourth-order valence-electron chi connectivity index (χ4n) is 0.574. The third-order valence-electron chi connectivity index (χ3n) is 0.990. The first-order chi connectivity index (χ1) is 4.43. The van der Waals surface area contributed by atoms with Gasteiger partial charge in [-0.25, -0.2) is 0 Å². The van der Waals surface area contributed by atoms with Crippen LogP contribution in [0.15, 0.2) is 22.9 Å². The third kappa shape index (κ3) is 2.00. The molecular weight excluding hydrogens is 130 g/mol. The molecule has 0 radical (unpaired) electrons. The van der Waals surface area contributed by atoms with Crippen LogP contribution in [0.1, 0.15) is 5.56 Å². The van der Waals surface area contributed by atoms with Gasteiger partial charge in [-0.3, -0.25) is 0 Å². The Morgan fingerprint density at radius 3 is 3.11 bits per heavy atom. The largest absolute Gasteiger partial charge is 0.327 e. The molecule has 2 heteroatoms. The summed E-state index contributed by atoms with van der Waals surface area (Å²) in [6.45, 7) is 0.621. The Morgan fingerprint density at radius 2 is 2.56 bits per heavy atom. The fraction of sp³-hybridized carbons (Fsp3) is 0.143. The van der Waals surface area contributed by atoms with Gasteiger partial charge in [0.05, 0.1) is 0 Å². The summed E-state index contributed by atoms with van der Waals surface area (Å²) < 4.78 is 0. The fourth-order valence-corrected chi connectivity index (χ4v) is 1.20. The van der Waals surface area contributed by atoms with Crippen molar-refractivity contribution in [3.8, 4) is 0 Å². The van der Waals surface area contributed by atoms with E-state index in [9.17, 15) is 0 Å². The molecule has 0 aliphatic heterocycles. The highest BCUT2D eigenvalue weighted by atomic mass is 32.1. The lowest BCUT2D eigenvalue weighted by Crippen LogP contribution is -1.91. The molecule has 1 nitrogen and oxygen atoms in total. The molecule has 1 aromatic heterocycles. The van der Waals surface area contributed by atoms with Crippen LogP contribution in [-0.2, 0) is 0 Å². The summed E-state index contributed by atoms with van der Waals surface area (Å²) in [5, 5.41) is 4.14. The topological polar surface area (TPSA) is 26.0 Å². The number of hydrogen-bond donors (Lipinski definition) is 1. The Kier molecular flexibility index (Phi) is 2.48. The number of hydrogen-bond acceptors (Lipinski definition) is 2. The highest BCUT2D eigenvalue weighted by Gasteiger charge is 1.81. The molecule has 0 aliphatic carbocycles. The molecule has 0 fully saturated rings. The molecule has 0 aliphatic rings. The van der Waals surface area contributed by atoms with Crippen molar-refractivity contribution in [1.29, 1.82) is 0 Å². The van der Waals surface area contributed by atoms with Crippen LogP contribution in [0.25, 0.3) is 6.08 Å². The maximum atomic E-state index is 5.26. The Labute approximate surface area is 58.8 Å². The average molecular weight is 139 g/mol. The maximum absolute atomic E-state index is 5.26. The van der Waals surface area contributed by atoms with Crippen molar-refractivity contribution >= 4 is 17.4 Å². The molecule has 0 spiro atoms. The lowest BCUT2D eigenvalue weighted by molar-refractivity contribution is 1.26. The zero-order valence-corrected chi connectivity index (χ0v) is 5.90. The average Bonchev–Trinajstić information content (AvgIpc) is 2.34. The molecule has 0 atom stereocenters. The van der Waals surface area contributed by atoms with Gasteiger partial charge in [0, 0.05) is 6.54 Å². The van der Waals surface area contributed by atoms with E-state index in [4.69, 9.17) is 5.73 Å². The molecule has 1 rings (SSSR count). The van der Waals surface area contributed by atoms with Crippen LogP contribution in [0, 0.1) is 0 Å². The van der Waals surface area contributed by atoms with Gasteiger partial charge in [0.25, 0.3) is 0 Å². The zero-order valence-electron chi connectivity index (χ0n) is 5.08. The summed E-state index contributed by atoms with van der Waals surface area (Å²) in [7, 11) is 0. The van der Waals surface area contributed by atoms with Gasteiger partial charge >= 0.3 is 0 Å². The van der Waals surface area contributed by atoms with Crippen molar-refractivity contribution in [2.45, 2.75) is 0 Å². The van der Waals surface area contributed by atoms with E-state index in [2.05, 4.69) is 16.8 Å². The first-order valence-electron chi connectivity index (χ1n) is 2.82. The lowest BCUT2D eigenvalue weighted by Gasteiger charge is -1.79. The van der Waals surface area contributed by atoms with Crippen LogP contribution in [0.5, 0.6) is 0 Å². The van der Waals surface area contributed by atoms with Gasteiger partial charge in [0.2, 0.25) is 0 Å². The zero-order chi connectivity index (χ0) is 6.53. The second-order valence-electron chi connectivity index (χ2n) is 1.69. The molecule has 0 unspecified atom stereocenters. The van der Waals surface area contributed by atoms with Crippen LogP contribution in [-0.4, -0.2) is 6.54 Å². The second kappa shape index (κ2) is 3.43. The molecule has 0 aromatic carbocycles. The van der Waals surface area contributed by atoms with Crippen molar-refractivity contribution in [3.63, 3.8) is 0 Å². The van der Waals surface area contributed by atoms with E-state index < -0.39 is 0 Å². The van der Waals surface area contributed by atoms with Crippen molar-refractivity contribution in [2.75, 3.05) is 6.54 Å². The van der Waals surface area contributed by atoms with E-state index in [0.717, 1.165) is 0 Å². The predicted octanol–water partition coefficient (Wildman–Crippen LogP) is 1.72. The molecule has 48 valence electrons. The van der Waals surface area contributed by atoms with Gasteiger partial charge in [-0.05, 0) is 22.4 Å². The molecule has 0 saturated heterocycles. The van der Waals surface area contributed by atoms with Crippen LogP contribution >= 0.6 is 11.3 Å². The van der Waals surface area contributed by atoms with Gasteiger partial charge < -0.3 is 5.73 Å². The quantitative estimate of drug-likeness (QED) is 0.663. The molecule has 1 heterocycles. The van der Waals surface area contributed by atoms with E-state index in [1.165, 1.54) is 5.56 Å². The van der Waals surface area contributed by atoms with Crippen LogP contribution in [0.2, 0.25) is 0 Å². The van der Waals surface area contributed by atoms with Gasteiger partial charge in [-0.1, -0.05) is 12.2 Å². The summed E-state index contributed by atoms with van der Waals surface area (Å²) in [4.78, 5) is 0. The molecule has 0 saturated carbocycles. The Bertz CT molecular complexity index is 177. The van der Waals surface area contributed by atoms with Gasteiger partial charge in [-0.15, -0.1) is 0 Å². The Morgan fingerprint density at radius 1 is 1.67 bits per heavy atom. The molecule has 9 heavy (non-hydrogen) atoms. The Hall–Kier alpha value is -0.600. The van der Waals surface area contributed by atoms with E-state index in [1.807, 2.05) is 12.2 Å². The first kappa shape index (κ1) is 6.52. The van der Waals surface area contributed by atoms with Gasteiger partial charge in [0.1, 0.15) is 0 Å². The lowest BCUT2D eigenvalue weighted by atomic mass is 10.3. The van der Waals surface area contributed by atoms with E-state index in [-0.39, 0.29) is 0 Å². The predicted molar refractivity (Wildman–Crippen MR) is 42.4 cm³/mol.